The molecule has 0 heterocycles. The number of nitrogens with one attached hydrogen (secondary N) is 2. The first-order chi connectivity index (χ1) is 13.8. The molecule has 1 rings (SSSR count). The van der Waals surface area contributed by atoms with Crippen molar-refractivity contribution in [2.24, 2.45) is 11.8 Å². The monoisotopic (exact) mass is 408 g/mol. The summed E-state index contributed by atoms with van der Waals surface area (Å²) in [6.45, 7) is 0.956. The number of hydrogen-bond acceptors (Lipinski definition) is 8. The molecule has 1 aromatic rings. The first-order valence-electron chi connectivity index (χ1n) is 8.62. The fraction of sp³-hybridized carbons (Fsp3) is 0.421. The van der Waals surface area contributed by atoms with Crippen LogP contribution >= 0.6 is 0 Å². The van der Waals surface area contributed by atoms with Gasteiger partial charge in [0.1, 0.15) is 6.04 Å². The van der Waals surface area contributed by atoms with Crippen molar-refractivity contribution in [1.82, 2.24) is 10.6 Å². The van der Waals surface area contributed by atoms with Gasteiger partial charge in [0.2, 0.25) is 5.91 Å². The van der Waals surface area contributed by atoms with E-state index in [-0.39, 0.29) is 0 Å². The van der Waals surface area contributed by atoms with Gasteiger partial charge in [0.05, 0.1) is 27.9 Å². The number of amides is 2. The highest BCUT2D eigenvalue weighted by atomic mass is 16.5. The molecule has 0 aliphatic carbocycles. The van der Waals surface area contributed by atoms with Crippen molar-refractivity contribution in [2.45, 2.75) is 13.0 Å². The number of hydrogen-bond donors (Lipinski definition) is 2. The summed E-state index contributed by atoms with van der Waals surface area (Å²) >= 11 is 0. The zero-order chi connectivity index (χ0) is 22.0. The van der Waals surface area contributed by atoms with E-state index >= 15 is 0 Å². The Balaban J connectivity index is 2.87. The Morgan fingerprint density at radius 2 is 1.38 bits per heavy atom. The molecule has 1 aromatic carbocycles. The van der Waals surface area contributed by atoms with Gasteiger partial charge in [-0.3, -0.25) is 19.2 Å². The van der Waals surface area contributed by atoms with Crippen molar-refractivity contribution in [3.8, 4) is 0 Å². The van der Waals surface area contributed by atoms with Crippen LogP contribution in [0, 0.1) is 11.8 Å². The van der Waals surface area contributed by atoms with E-state index in [0.717, 1.165) is 21.3 Å². The average molecular weight is 408 g/mol. The topological polar surface area (TPSA) is 137 Å². The number of methoxy groups -OCH3 is 3. The molecule has 0 saturated carbocycles. The van der Waals surface area contributed by atoms with Crippen LogP contribution in [-0.4, -0.2) is 63.6 Å². The maximum absolute atomic E-state index is 12.2. The summed E-state index contributed by atoms with van der Waals surface area (Å²) in [5.74, 6) is -6.44. The third-order valence-electron chi connectivity index (χ3n) is 4.18. The second-order valence-corrected chi connectivity index (χ2v) is 6.00. The smallest absolute Gasteiger partial charge is 0.328 e. The van der Waals surface area contributed by atoms with E-state index in [0.29, 0.717) is 5.56 Å². The minimum absolute atomic E-state index is 0.356. The van der Waals surface area contributed by atoms with Crippen LogP contribution in [-0.2, 0) is 33.4 Å². The van der Waals surface area contributed by atoms with Crippen molar-refractivity contribution in [1.29, 1.82) is 0 Å². The fourth-order valence-corrected chi connectivity index (χ4v) is 2.58. The van der Waals surface area contributed by atoms with Gasteiger partial charge in [0, 0.05) is 11.5 Å². The van der Waals surface area contributed by atoms with Gasteiger partial charge in [-0.2, -0.15) is 0 Å². The van der Waals surface area contributed by atoms with Gasteiger partial charge in [-0.05, 0) is 12.1 Å². The molecule has 0 aliphatic rings. The van der Waals surface area contributed by atoms with Gasteiger partial charge in [-0.15, -0.1) is 0 Å². The summed E-state index contributed by atoms with van der Waals surface area (Å²) in [4.78, 5) is 60.4. The Labute approximate surface area is 167 Å². The number of ether oxygens (including phenoxy) is 3. The highest BCUT2D eigenvalue weighted by Gasteiger charge is 2.42. The summed E-state index contributed by atoms with van der Waals surface area (Å²) in [5, 5.41) is 4.78. The molecule has 0 unspecified atom stereocenters. The summed E-state index contributed by atoms with van der Waals surface area (Å²) in [5.41, 5.74) is 0.356. The third kappa shape index (κ3) is 6.59. The van der Waals surface area contributed by atoms with Crippen molar-refractivity contribution in [2.75, 3.05) is 27.9 Å². The molecule has 2 N–H and O–H groups in total. The van der Waals surface area contributed by atoms with E-state index in [1.807, 2.05) is 0 Å². The first-order valence-corrected chi connectivity index (χ1v) is 8.62. The maximum Gasteiger partial charge on any atom is 0.328 e. The highest BCUT2D eigenvalue weighted by Crippen LogP contribution is 2.20. The molecular weight excluding hydrogens is 384 g/mol. The SMILES string of the molecule is COC(=O)C(C(=O)OC)[C@@H](C)[C@@H](NC(=O)CNC(=O)c1ccccc1)C(=O)OC. The quantitative estimate of drug-likeness (QED) is 0.322. The zero-order valence-electron chi connectivity index (χ0n) is 16.6. The standard InChI is InChI=1S/C19H24N2O8/c1-11(14(17(24)27-2)18(25)28-3)15(19(26)29-4)21-13(22)10-20-16(23)12-8-6-5-7-9-12/h5-9,11,14-15H,10H2,1-4H3,(H,20,23)(H,21,22)/t11-,15-/m1/s1. The molecule has 0 spiro atoms. The summed E-state index contributed by atoms with van der Waals surface area (Å²) in [6, 6.07) is 6.87. The van der Waals surface area contributed by atoms with Crippen LogP contribution in [0.25, 0.3) is 0 Å². The first kappa shape index (κ1) is 23.6. The summed E-state index contributed by atoms with van der Waals surface area (Å²) < 4.78 is 13.8. The van der Waals surface area contributed by atoms with E-state index in [1.54, 1.807) is 30.3 Å². The van der Waals surface area contributed by atoms with Crippen LogP contribution in [0.2, 0.25) is 0 Å². The average Bonchev–Trinajstić information content (AvgIpc) is 2.75. The predicted octanol–water partition coefficient (Wildman–Crippen LogP) is -0.327. The molecule has 2 amide bonds. The lowest BCUT2D eigenvalue weighted by Gasteiger charge is -2.27. The molecule has 0 radical (unpaired) electrons. The molecule has 0 fully saturated rings. The minimum atomic E-state index is -1.46. The van der Waals surface area contributed by atoms with E-state index in [4.69, 9.17) is 0 Å². The van der Waals surface area contributed by atoms with Crippen molar-refractivity contribution < 1.29 is 38.2 Å². The Hall–Kier alpha value is -3.43. The van der Waals surface area contributed by atoms with E-state index in [1.165, 1.54) is 6.92 Å². The van der Waals surface area contributed by atoms with Crippen LogP contribution in [0.4, 0.5) is 0 Å². The van der Waals surface area contributed by atoms with E-state index < -0.39 is 54.1 Å². The number of carbonyl (C=O) groups is 5. The second-order valence-electron chi connectivity index (χ2n) is 6.00. The molecule has 0 bridgehead atoms. The van der Waals surface area contributed by atoms with Gasteiger partial charge in [-0.25, -0.2) is 4.79 Å². The van der Waals surface area contributed by atoms with Crippen LogP contribution in [0.5, 0.6) is 0 Å². The fourth-order valence-electron chi connectivity index (χ4n) is 2.58. The minimum Gasteiger partial charge on any atom is -0.468 e. The van der Waals surface area contributed by atoms with Gasteiger partial charge >= 0.3 is 17.9 Å². The second kappa shape index (κ2) is 11.4. The van der Waals surface area contributed by atoms with E-state index in [2.05, 4.69) is 24.8 Å². The molecule has 0 saturated heterocycles. The number of esters is 3. The lowest BCUT2D eigenvalue weighted by atomic mass is 9.87. The molecule has 29 heavy (non-hydrogen) atoms. The maximum atomic E-state index is 12.2. The molecule has 2 atom stereocenters. The molecule has 158 valence electrons. The summed E-state index contributed by atoms with van der Waals surface area (Å²) in [7, 11) is 3.25. The van der Waals surface area contributed by atoms with Crippen LogP contribution in [0.1, 0.15) is 17.3 Å². The third-order valence-corrected chi connectivity index (χ3v) is 4.18. The Kier molecular flexibility index (Phi) is 9.30. The van der Waals surface area contributed by atoms with Crippen LogP contribution in [0.3, 0.4) is 0 Å². The lowest BCUT2D eigenvalue weighted by Crippen LogP contribution is -2.52. The van der Waals surface area contributed by atoms with Gasteiger partial charge in [0.25, 0.3) is 5.91 Å². The van der Waals surface area contributed by atoms with Crippen molar-refractivity contribution >= 4 is 29.7 Å². The molecule has 10 nitrogen and oxygen atoms in total. The van der Waals surface area contributed by atoms with Gasteiger partial charge in [0.15, 0.2) is 5.92 Å². The molecule has 0 aromatic heterocycles. The van der Waals surface area contributed by atoms with Gasteiger partial charge in [-0.1, -0.05) is 25.1 Å². The van der Waals surface area contributed by atoms with Crippen LogP contribution < -0.4 is 10.6 Å². The van der Waals surface area contributed by atoms with E-state index in [9.17, 15) is 24.0 Å². The normalized spacial score (nSPS) is 12.3. The van der Waals surface area contributed by atoms with Crippen molar-refractivity contribution in [3.63, 3.8) is 0 Å². The predicted molar refractivity (Wildman–Crippen MR) is 99.4 cm³/mol. The Morgan fingerprint density at radius 1 is 0.862 bits per heavy atom. The molecule has 0 aliphatic heterocycles. The number of rotatable bonds is 9. The zero-order valence-corrected chi connectivity index (χ0v) is 16.6. The highest BCUT2D eigenvalue weighted by molar-refractivity contribution is 5.98. The van der Waals surface area contributed by atoms with Crippen molar-refractivity contribution in [3.05, 3.63) is 35.9 Å². The largest absolute Gasteiger partial charge is 0.468 e. The van der Waals surface area contributed by atoms with Gasteiger partial charge < -0.3 is 24.8 Å². The molecular formula is C19H24N2O8. The number of benzene rings is 1. The summed E-state index contributed by atoms with van der Waals surface area (Å²) in [6.07, 6.45) is 0. The lowest BCUT2D eigenvalue weighted by molar-refractivity contribution is -0.163. The molecule has 10 heteroatoms. The van der Waals surface area contributed by atoms with Crippen LogP contribution in [0.15, 0.2) is 30.3 Å². The number of carbonyl (C=O) groups excluding carboxylic acids is 5. The Morgan fingerprint density at radius 3 is 1.86 bits per heavy atom. The Bertz CT molecular complexity index is 734.